The summed E-state index contributed by atoms with van der Waals surface area (Å²) >= 11 is 5.80. The van der Waals surface area contributed by atoms with Crippen LogP contribution < -0.4 is 10.1 Å². The zero-order valence-corrected chi connectivity index (χ0v) is 9.08. The van der Waals surface area contributed by atoms with Gasteiger partial charge in [0, 0.05) is 24.2 Å². The molecule has 4 nitrogen and oxygen atoms in total. The highest BCUT2D eigenvalue weighted by molar-refractivity contribution is 6.20. The lowest BCUT2D eigenvalue weighted by Gasteiger charge is -2.06. The van der Waals surface area contributed by atoms with E-state index in [0.717, 1.165) is 13.0 Å². The SMILES string of the molecule is COc1ccnc(NCCC(C)Cl)n1. The van der Waals surface area contributed by atoms with Crippen molar-refractivity contribution in [3.05, 3.63) is 12.3 Å². The first kappa shape index (κ1) is 11.0. The molecular formula is C9H14ClN3O. The van der Waals surface area contributed by atoms with Crippen molar-refractivity contribution < 1.29 is 4.74 Å². The maximum Gasteiger partial charge on any atom is 0.225 e. The van der Waals surface area contributed by atoms with E-state index in [1.807, 2.05) is 6.92 Å². The Labute approximate surface area is 88.7 Å². The van der Waals surface area contributed by atoms with Crippen LogP contribution in [0, 0.1) is 0 Å². The predicted molar refractivity (Wildman–Crippen MR) is 57.0 cm³/mol. The van der Waals surface area contributed by atoms with Gasteiger partial charge >= 0.3 is 0 Å². The van der Waals surface area contributed by atoms with E-state index in [9.17, 15) is 0 Å². The molecule has 0 saturated heterocycles. The molecule has 1 aromatic heterocycles. The van der Waals surface area contributed by atoms with Crippen LogP contribution in [-0.2, 0) is 0 Å². The normalized spacial score (nSPS) is 12.2. The molecule has 1 aromatic rings. The molecule has 0 aromatic carbocycles. The zero-order chi connectivity index (χ0) is 10.4. The largest absolute Gasteiger partial charge is 0.481 e. The first-order valence-electron chi connectivity index (χ1n) is 4.47. The first-order chi connectivity index (χ1) is 6.72. The van der Waals surface area contributed by atoms with E-state index in [0.29, 0.717) is 11.8 Å². The number of hydrogen-bond acceptors (Lipinski definition) is 4. The Morgan fingerprint density at radius 1 is 1.64 bits per heavy atom. The minimum absolute atomic E-state index is 0.160. The van der Waals surface area contributed by atoms with Gasteiger partial charge in [-0.15, -0.1) is 11.6 Å². The van der Waals surface area contributed by atoms with Crippen LogP contribution in [0.25, 0.3) is 0 Å². The highest BCUT2D eigenvalue weighted by Gasteiger charge is 1.99. The van der Waals surface area contributed by atoms with E-state index in [2.05, 4.69) is 15.3 Å². The second kappa shape index (κ2) is 5.65. The van der Waals surface area contributed by atoms with Crippen LogP contribution in [0.2, 0.25) is 0 Å². The molecule has 0 saturated carbocycles. The Morgan fingerprint density at radius 2 is 2.43 bits per heavy atom. The van der Waals surface area contributed by atoms with Gasteiger partial charge in [0.2, 0.25) is 11.8 Å². The van der Waals surface area contributed by atoms with Gasteiger partial charge in [0.1, 0.15) is 0 Å². The Morgan fingerprint density at radius 3 is 3.07 bits per heavy atom. The third-order valence-electron chi connectivity index (χ3n) is 1.66. The fourth-order valence-corrected chi connectivity index (χ4v) is 1.03. The number of alkyl halides is 1. The summed E-state index contributed by atoms with van der Waals surface area (Å²) < 4.78 is 4.97. The molecular weight excluding hydrogens is 202 g/mol. The van der Waals surface area contributed by atoms with Crippen LogP contribution >= 0.6 is 11.6 Å². The topological polar surface area (TPSA) is 47.0 Å². The van der Waals surface area contributed by atoms with Gasteiger partial charge in [-0.25, -0.2) is 4.98 Å². The number of halogens is 1. The number of anilines is 1. The van der Waals surface area contributed by atoms with Crippen LogP contribution in [0.15, 0.2) is 12.3 Å². The standard InChI is InChI=1S/C9H14ClN3O/c1-7(10)3-5-11-9-12-6-4-8(13-9)14-2/h4,6-7H,3,5H2,1-2H3,(H,11,12,13). The number of hydrogen-bond donors (Lipinski definition) is 1. The summed E-state index contributed by atoms with van der Waals surface area (Å²) in [5.74, 6) is 1.13. The summed E-state index contributed by atoms with van der Waals surface area (Å²) in [6.45, 7) is 2.72. The van der Waals surface area contributed by atoms with E-state index in [1.54, 1.807) is 19.4 Å². The number of rotatable bonds is 5. The van der Waals surface area contributed by atoms with Crippen molar-refractivity contribution in [1.29, 1.82) is 0 Å². The molecule has 1 atom stereocenters. The maximum absolute atomic E-state index is 5.80. The molecule has 0 spiro atoms. The number of methoxy groups -OCH3 is 1. The molecule has 5 heteroatoms. The smallest absolute Gasteiger partial charge is 0.225 e. The summed E-state index contributed by atoms with van der Waals surface area (Å²) in [5, 5.41) is 3.22. The van der Waals surface area contributed by atoms with Crippen LogP contribution in [0.4, 0.5) is 5.95 Å². The molecule has 0 fully saturated rings. The first-order valence-corrected chi connectivity index (χ1v) is 4.91. The lowest BCUT2D eigenvalue weighted by Crippen LogP contribution is -2.08. The van der Waals surface area contributed by atoms with E-state index in [1.165, 1.54) is 0 Å². The fourth-order valence-electron chi connectivity index (χ4n) is 0.924. The van der Waals surface area contributed by atoms with E-state index >= 15 is 0 Å². The number of aromatic nitrogens is 2. The van der Waals surface area contributed by atoms with Crippen LogP contribution in [-0.4, -0.2) is 29.0 Å². The quantitative estimate of drug-likeness (QED) is 0.763. The zero-order valence-electron chi connectivity index (χ0n) is 8.33. The second-order valence-electron chi connectivity index (χ2n) is 2.92. The number of nitrogens with one attached hydrogen (secondary N) is 1. The summed E-state index contributed by atoms with van der Waals surface area (Å²) in [4.78, 5) is 8.14. The van der Waals surface area contributed by atoms with Crippen molar-refractivity contribution in [3.63, 3.8) is 0 Å². The monoisotopic (exact) mass is 215 g/mol. The van der Waals surface area contributed by atoms with E-state index in [-0.39, 0.29) is 5.38 Å². The van der Waals surface area contributed by atoms with Crippen molar-refractivity contribution >= 4 is 17.5 Å². The van der Waals surface area contributed by atoms with Gasteiger partial charge in [0.25, 0.3) is 0 Å². The molecule has 0 aliphatic heterocycles. The van der Waals surface area contributed by atoms with Gasteiger partial charge in [-0.2, -0.15) is 4.98 Å². The average molecular weight is 216 g/mol. The Bertz CT molecular complexity index is 281. The minimum Gasteiger partial charge on any atom is -0.481 e. The molecule has 0 radical (unpaired) electrons. The number of nitrogens with zero attached hydrogens (tertiary/aromatic N) is 2. The van der Waals surface area contributed by atoms with Crippen LogP contribution in [0.1, 0.15) is 13.3 Å². The molecule has 1 unspecified atom stereocenters. The molecule has 1 heterocycles. The van der Waals surface area contributed by atoms with Crippen molar-refractivity contribution in [2.24, 2.45) is 0 Å². The molecule has 0 aliphatic carbocycles. The van der Waals surface area contributed by atoms with Gasteiger partial charge in [0.05, 0.1) is 7.11 Å². The summed E-state index contributed by atoms with van der Waals surface area (Å²) in [6.07, 6.45) is 2.53. The van der Waals surface area contributed by atoms with Crippen LogP contribution in [0.3, 0.4) is 0 Å². The van der Waals surface area contributed by atoms with Crippen LogP contribution in [0.5, 0.6) is 5.88 Å². The second-order valence-corrected chi connectivity index (χ2v) is 3.66. The van der Waals surface area contributed by atoms with Gasteiger partial charge in [-0.05, 0) is 13.3 Å². The molecule has 0 amide bonds. The lowest BCUT2D eigenvalue weighted by molar-refractivity contribution is 0.397. The fraction of sp³-hybridized carbons (Fsp3) is 0.556. The highest BCUT2D eigenvalue weighted by atomic mass is 35.5. The molecule has 0 aliphatic rings. The summed E-state index contributed by atoms with van der Waals surface area (Å²) in [5.41, 5.74) is 0. The summed E-state index contributed by atoms with van der Waals surface area (Å²) in [7, 11) is 1.58. The van der Waals surface area contributed by atoms with Gasteiger partial charge < -0.3 is 10.1 Å². The third kappa shape index (κ3) is 3.79. The predicted octanol–water partition coefficient (Wildman–Crippen LogP) is 1.91. The molecule has 14 heavy (non-hydrogen) atoms. The van der Waals surface area contributed by atoms with E-state index < -0.39 is 0 Å². The Hall–Kier alpha value is -1.03. The minimum atomic E-state index is 0.160. The van der Waals surface area contributed by atoms with Crippen molar-refractivity contribution in [2.75, 3.05) is 19.0 Å². The maximum atomic E-state index is 5.80. The third-order valence-corrected chi connectivity index (χ3v) is 1.88. The van der Waals surface area contributed by atoms with Crippen molar-refractivity contribution in [2.45, 2.75) is 18.7 Å². The highest BCUT2D eigenvalue weighted by Crippen LogP contribution is 2.07. The van der Waals surface area contributed by atoms with Gasteiger partial charge in [-0.3, -0.25) is 0 Å². The lowest BCUT2D eigenvalue weighted by atomic mass is 10.3. The molecule has 0 bridgehead atoms. The molecule has 1 rings (SSSR count). The average Bonchev–Trinajstić information content (AvgIpc) is 2.18. The Balaban J connectivity index is 2.42. The van der Waals surface area contributed by atoms with Gasteiger partial charge in [0.15, 0.2) is 0 Å². The van der Waals surface area contributed by atoms with E-state index in [4.69, 9.17) is 16.3 Å². The Kier molecular flexibility index (Phi) is 4.46. The number of ether oxygens (including phenoxy) is 1. The molecule has 1 N–H and O–H groups in total. The molecule has 78 valence electrons. The van der Waals surface area contributed by atoms with Crippen molar-refractivity contribution in [3.8, 4) is 5.88 Å². The van der Waals surface area contributed by atoms with Gasteiger partial charge in [-0.1, -0.05) is 0 Å². The summed E-state index contributed by atoms with van der Waals surface area (Å²) in [6, 6.07) is 1.70. The van der Waals surface area contributed by atoms with Crippen molar-refractivity contribution in [1.82, 2.24) is 9.97 Å².